The lowest BCUT2D eigenvalue weighted by molar-refractivity contribution is -0.133. The molecule has 26 heavy (non-hydrogen) atoms. The van der Waals surface area contributed by atoms with Gasteiger partial charge in [-0.25, -0.2) is 9.36 Å². The van der Waals surface area contributed by atoms with Crippen LogP contribution in [0.2, 0.25) is 0 Å². The molecule has 0 saturated carbocycles. The average Bonchev–Trinajstić information content (AvgIpc) is 3.13. The lowest BCUT2D eigenvalue weighted by Crippen LogP contribution is -2.40. The maximum absolute atomic E-state index is 13.0. The van der Waals surface area contributed by atoms with Crippen LogP contribution in [0.15, 0.2) is 41.3 Å². The molecule has 1 aromatic carbocycles. The van der Waals surface area contributed by atoms with Crippen molar-refractivity contribution in [1.82, 2.24) is 24.5 Å². The Morgan fingerprint density at radius 3 is 2.58 bits per heavy atom. The molecule has 0 N–H and O–H groups in total. The van der Waals surface area contributed by atoms with Crippen molar-refractivity contribution in [3.05, 3.63) is 52.6 Å². The van der Waals surface area contributed by atoms with Crippen LogP contribution in [0.5, 0.6) is 0 Å². The minimum Gasteiger partial charge on any atom is -0.341 e. The van der Waals surface area contributed by atoms with Gasteiger partial charge in [0, 0.05) is 18.5 Å². The van der Waals surface area contributed by atoms with Crippen LogP contribution in [-0.4, -0.2) is 43.5 Å². The lowest BCUT2D eigenvalue weighted by atomic mass is 10.1. The third kappa shape index (κ3) is 2.89. The number of aromatic nitrogens is 4. The third-order valence-corrected chi connectivity index (χ3v) is 4.86. The number of rotatable bonds is 3. The molecule has 1 aliphatic heterocycles. The summed E-state index contributed by atoms with van der Waals surface area (Å²) in [6.45, 7) is 3.32. The van der Waals surface area contributed by atoms with Crippen molar-refractivity contribution >= 4 is 16.8 Å². The molecule has 0 atom stereocenters. The van der Waals surface area contributed by atoms with E-state index in [0.717, 1.165) is 38.0 Å². The zero-order valence-corrected chi connectivity index (χ0v) is 14.8. The maximum atomic E-state index is 13.0. The molecule has 134 valence electrons. The summed E-state index contributed by atoms with van der Waals surface area (Å²) in [6.07, 6.45) is 4.85. The van der Waals surface area contributed by atoms with E-state index in [1.807, 2.05) is 42.2 Å². The highest BCUT2D eigenvalue weighted by atomic mass is 16.2. The zero-order valence-electron chi connectivity index (χ0n) is 14.8. The Morgan fingerprint density at radius 2 is 1.85 bits per heavy atom. The second-order valence-corrected chi connectivity index (χ2v) is 6.64. The number of amides is 1. The van der Waals surface area contributed by atoms with Gasteiger partial charge in [-0.3, -0.25) is 9.59 Å². The van der Waals surface area contributed by atoms with E-state index in [9.17, 15) is 9.59 Å². The van der Waals surface area contributed by atoms with Crippen LogP contribution in [0.3, 0.4) is 0 Å². The Labute approximate surface area is 150 Å². The average molecular weight is 351 g/mol. The molecule has 2 aromatic heterocycles. The third-order valence-electron chi connectivity index (χ3n) is 4.86. The highest BCUT2D eigenvalue weighted by Gasteiger charge is 2.20. The molecule has 0 unspecified atom stereocenters. The van der Waals surface area contributed by atoms with E-state index < -0.39 is 0 Å². The van der Waals surface area contributed by atoms with Crippen LogP contribution < -0.4 is 5.56 Å². The van der Waals surface area contributed by atoms with Crippen molar-refractivity contribution in [2.45, 2.75) is 32.7 Å². The van der Waals surface area contributed by atoms with Gasteiger partial charge in [0.15, 0.2) is 0 Å². The number of para-hydroxylation sites is 1. The summed E-state index contributed by atoms with van der Waals surface area (Å²) in [5.41, 5.74) is 1.65. The molecule has 1 amide bonds. The second-order valence-electron chi connectivity index (χ2n) is 6.64. The maximum Gasteiger partial charge on any atom is 0.293 e. The molecule has 0 radical (unpaired) electrons. The molecular formula is C19H21N5O2. The van der Waals surface area contributed by atoms with E-state index in [1.165, 1.54) is 4.68 Å². The van der Waals surface area contributed by atoms with Gasteiger partial charge in [0.1, 0.15) is 12.1 Å². The van der Waals surface area contributed by atoms with Gasteiger partial charge < -0.3 is 4.90 Å². The number of fused-ring (bicyclic) bond motifs is 1. The predicted molar refractivity (Wildman–Crippen MR) is 98.3 cm³/mol. The fourth-order valence-corrected chi connectivity index (χ4v) is 3.47. The number of hydrogen-bond acceptors (Lipinski definition) is 4. The molecule has 7 heteroatoms. The molecule has 3 heterocycles. The van der Waals surface area contributed by atoms with Gasteiger partial charge in [0.2, 0.25) is 5.91 Å². The number of nitrogens with zero attached hydrogens (tertiary/aromatic N) is 5. The largest absolute Gasteiger partial charge is 0.341 e. The molecule has 0 spiro atoms. The second kappa shape index (κ2) is 6.74. The number of benzene rings is 1. The van der Waals surface area contributed by atoms with Crippen molar-refractivity contribution in [3.8, 4) is 5.69 Å². The molecular weight excluding hydrogens is 330 g/mol. The highest BCUT2D eigenvalue weighted by molar-refractivity contribution is 5.82. The summed E-state index contributed by atoms with van der Waals surface area (Å²) in [6, 6.07) is 9.50. The molecule has 0 aliphatic carbocycles. The number of aryl methyl sites for hydroxylation is 1. The summed E-state index contributed by atoms with van der Waals surface area (Å²) in [4.78, 5) is 27.4. The summed E-state index contributed by atoms with van der Waals surface area (Å²) < 4.78 is 2.89. The normalized spacial score (nSPS) is 14.7. The van der Waals surface area contributed by atoms with Crippen LogP contribution in [0.25, 0.3) is 16.6 Å². The van der Waals surface area contributed by atoms with E-state index in [1.54, 1.807) is 10.9 Å². The van der Waals surface area contributed by atoms with E-state index in [2.05, 4.69) is 10.2 Å². The minimum atomic E-state index is -0.294. The molecule has 1 aliphatic rings. The molecule has 1 saturated heterocycles. The van der Waals surface area contributed by atoms with Crippen LogP contribution in [-0.2, 0) is 11.3 Å². The first kappa shape index (κ1) is 16.5. The predicted octanol–water partition coefficient (Wildman–Crippen LogP) is 1.90. The van der Waals surface area contributed by atoms with Gasteiger partial charge >= 0.3 is 0 Å². The van der Waals surface area contributed by atoms with Gasteiger partial charge in [0.05, 0.1) is 17.6 Å². The minimum absolute atomic E-state index is 0.0322. The monoisotopic (exact) mass is 351 g/mol. The Kier molecular flexibility index (Phi) is 4.28. The van der Waals surface area contributed by atoms with E-state index >= 15 is 0 Å². The highest BCUT2D eigenvalue weighted by Crippen LogP contribution is 2.17. The number of hydrogen-bond donors (Lipinski definition) is 0. The van der Waals surface area contributed by atoms with Crippen molar-refractivity contribution in [3.63, 3.8) is 0 Å². The molecule has 3 aromatic rings. The van der Waals surface area contributed by atoms with Crippen molar-refractivity contribution in [2.24, 2.45) is 0 Å². The first-order valence-electron chi connectivity index (χ1n) is 8.94. The van der Waals surface area contributed by atoms with E-state index in [-0.39, 0.29) is 18.0 Å². The smallest absolute Gasteiger partial charge is 0.293 e. The quantitative estimate of drug-likeness (QED) is 0.722. The lowest BCUT2D eigenvalue weighted by Gasteiger charge is -2.26. The summed E-state index contributed by atoms with van der Waals surface area (Å²) in [7, 11) is 0. The topological polar surface area (TPSA) is 73.0 Å². The van der Waals surface area contributed by atoms with Crippen LogP contribution in [0.4, 0.5) is 0 Å². The van der Waals surface area contributed by atoms with Gasteiger partial charge in [0.25, 0.3) is 5.56 Å². The van der Waals surface area contributed by atoms with Gasteiger partial charge in [-0.2, -0.15) is 10.2 Å². The Morgan fingerprint density at radius 1 is 1.12 bits per heavy atom. The fourth-order valence-electron chi connectivity index (χ4n) is 3.47. The standard InChI is InChI=1S/C19H21N5O2/c1-14-16-12-20-24(15-8-4-2-5-9-15)18(16)19(26)23(21-14)13-17(25)22-10-6-3-7-11-22/h2,4-5,8-9,12H,3,6-7,10-11,13H2,1H3. The van der Waals surface area contributed by atoms with E-state index in [0.29, 0.717) is 16.6 Å². The number of piperidine rings is 1. The zero-order chi connectivity index (χ0) is 18.1. The summed E-state index contributed by atoms with van der Waals surface area (Å²) in [5.74, 6) is -0.0520. The SMILES string of the molecule is Cc1nn(CC(=O)N2CCCCC2)c(=O)c2c1cnn2-c1ccccc1. The number of carbonyl (C=O) groups excluding carboxylic acids is 1. The summed E-state index contributed by atoms with van der Waals surface area (Å²) >= 11 is 0. The Bertz CT molecular complexity index is 1000. The first-order chi connectivity index (χ1) is 12.6. The first-order valence-corrected chi connectivity index (χ1v) is 8.94. The van der Waals surface area contributed by atoms with Crippen LogP contribution in [0, 0.1) is 6.92 Å². The van der Waals surface area contributed by atoms with Crippen LogP contribution >= 0.6 is 0 Å². The molecule has 4 rings (SSSR count). The molecule has 0 bridgehead atoms. The van der Waals surface area contributed by atoms with Crippen molar-refractivity contribution in [2.75, 3.05) is 13.1 Å². The van der Waals surface area contributed by atoms with Crippen molar-refractivity contribution < 1.29 is 4.79 Å². The molecule has 1 fully saturated rings. The van der Waals surface area contributed by atoms with Crippen LogP contribution in [0.1, 0.15) is 25.0 Å². The van der Waals surface area contributed by atoms with E-state index in [4.69, 9.17) is 0 Å². The van der Waals surface area contributed by atoms with Crippen molar-refractivity contribution in [1.29, 1.82) is 0 Å². The fraction of sp³-hybridized carbons (Fsp3) is 0.368. The number of carbonyl (C=O) groups is 1. The van der Waals surface area contributed by atoms with Gasteiger partial charge in [-0.1, -0.05) is 18.2 Å². The van der Waals surface area contributed by atoms with Gasteiger partial charge in [-0.15, -0.1) is 0 Å². The molecule has 7 nitrogen and oxygen atoms in total. The Hall–Kier alpha value is -2.96. The summed E-state index contributed by atoms with van der Waals surface area (Å²) in [5, 5.41) is 9.42. The number of likely N-dealkylation sites (tertiary alicyclic amines) is 1. The van der Waals surface area contributed by atoms with Gasteiger partial charge in [-0.05, 0) is 38.3 Å². The Balaban J connectivity index is 1.75.